The van der Waals surface area contributed by atoms with E-state index in [9.17, 15) is 0 Å². The van der Waals surface area contributed by atoms with Gasteiger partial charge in [0.25, 0.3) is 0 Å². The molecule has 2 aliphatic rings. The van der Waals surface area contributed by atoms with Crippen LogP contribution in [-0.2, 0) is 12.0 Å². The van der Waals surface area contributed by atoms with Crippen LogP contribution >= 0.6 is 0 Å². The second-order valence-corrected chi connectivity index (χ2v) is 17.6. The van der Waals surface area contributed by atoms with E-state index in [4.69, 9.17) is 5.73 Å². The molecular formula is C62H51N3. The van der Waals surface area contributed by atoms with E-state index in [1.165, 1.54) is 99.8 Å². The van der Waals surface area contributed by atoms with Crippen molar-refractivity contribution in [2.24, 2.45) is 0 Å². The van der Waals surface area contributed by atoms with Gasteiger partial charge in [-0.25, -0.2) is 0 Å². The molecule has 3 nitrogen and oxygen atoms in total. The van der Waals surface area contributed by atoms with Crippen LogP contribution in [0.2, 0.25) is 0 Å². The summed E-state index contributed by atoms with van der Waals surface area (Å²) >= 11 is 0. The lowest BCUT2D eigenvalue weighted by Crippen LogP contribution is -2.28. The summed E-state index contributed by atoms with van der Waals surface area (Å²) in [5.74, 6) is 0.596. The Kier molecular flexibility index (Phi) is 10.0. The molecule has 3 heteroatoms. The number of anilines is 2. The van der Waals surface area contributed by atoms with Crippen molar-refractivity contribution in [2.45, 2.75) is 31.7 Å². The van der Waals surface area contributed by atoms with Gasteiger partial charge in [0.2, 0.25) is 0 Å². The van der Waals surface area contributed by atoms with Crippen LogP contribution in [0.3, 0.4) is 0 Å². The maximum atomic E-state index is 6.64. The Bertz CT molecular complexity index is 3390. The molecule has 0 unspecified atom stereocenters. The second-order valence-electron chi connectivity index (χ2n) is 17.6. The molecule has 0 fully saturated rings. The molecule has 0 saturated heterocycles. The van der Waals surface area contributed by atoms with Gasteiger partial charge in [0.1, 0.15) is 0 Å². The van der Waals surface area contributed by atoms with Crippen LogP contribution < -0.4 is 11.1 Å². The first-order chi connectivity index (χ1) is 32.0. The summed E-state index contributed by atoms with van der Waals surface area (Å²) in [4.78, 5) is 0. The fourth-order valence-electron chi connectivity index (χ4n) is 10.9. The van der Waals surface area contributed by atoms with Crippen LogP contribution in [0, 0.1) is 0 Å². The highest BCUT2D eigenvalue weighted by Gasteiger charge is 2.46. The van der Waals surface area contributed by atoms with E-state index in [1.54, 1.807) is 0 Å². The Morgan fingerprint density at radius 2 is 1.09 bits per heavy atom. The van der Waals surface area contributed by atoms with Crippen molar-refractivity contribution in [3.63, 3.8) is 0 Å². The van der Waals surface area contributed by atoms with E-state index in [0.717, 1.165) is 17.8 Å². The number of rotatable bonds is 7. The molecule has 0 spiro atoms. The van der Waals surface area contributed by atoms with Crippen molar-refractivity contribution >= 4 is 38.8 Å². The Morgan fingerprint density at radius 3 is 1.83 bits per heavy atom. The number of para-hydroxylation sites is 2. The standard InChI is InChI=1S/C52H36N2.C10H15N/c53-48-24-13-22-43-38-18-7-8-19-39(38)44(51(43)48)30-31-54-49-25-12-10-21-42(49)45-32-34(27-29-50(45)54)35-26-28-41-40-20-9-11-23-46(40)52(47(41)33-35,36-14-3-1-4-15-36)37-16-5-2-6-17-37;1-8(2)9-6-4-5-7-10(9)11-3/h1-30,32-33H,31,53H2;4-8,11H,1-3H3/b44-30-;. The Hall–Kier alpha value is -7.88. The first-order valence-corrected chi connectivity index (χ1v) is 22.8. The average Bonchev–Trinajstić information content (AvgIpc) is 3.98. The maximum absolute atomic E-state index is 6.64. The molecule has 314 valence electrons. The van der Waals surface area contributed by atoms with E-state index in [2.05, 4.69) is 236 Å². The van der Waals surface area contributed by atoms with Crippen LogP contribution in [0.25, 0.3) is 60.8 Å². The maximum Gasteiger partial charge on any atom is 0.0713 e. The summed E-state index contributed by atoms with van der Waals surface area (Å²) in [6.07, 6.45) is 2.37. The molecular weight excluding hydrogens is 787 g/mol. The average molecular weight is 838 g/mol. The normalized spacial score (nSPS) is 13.6. The summed E-state index contributed by atoms with van der Waals surface area (Å²) < 4.78 is 2.45. The van der Waals surface area contributed by atoms with E-state index < -0.39 is 5.41 Å². The minimum Gasteiger partial charge on any atom is -0.398 e. The highest BCUT2D eigenvalue weighted by Crippen LogP contribution is 2.57. The fourth-order valence-corrected chi connectivity index (χ4v) is 10.9. The largest absolute Gasteiger partial charge is 0.398 e. The summed E-state index contributed by atoms with van der Waals surface area (Å²) in [5.41, 5.74) is 28.4. The van der Waals surface area contributed by atoms with Gasteiger partial charge in [0, 0.05) is 52.3 Å². The smallest absolute Gasteiger partial charge is 0.0713 e. The lowest BCUT2D eigenvalue weighted by atomic mass is 9.67. The van der Waals surface area contributed by atoms with E-state index in [1.807, 2.05) is 13.1 Å². The van der Waals surface area contributed by atoms with Crippen LogP contribution in [0.1, 0.15) is 58.7 Å². The number of nitrogens with zero attached hydrogens (tertiary/aromatic N) is 1. The molecule has 2 aliphatic carbocycles. The molecule has 0 radical (unpaired) electrons. The van der Waals surface area contributed by atoms with Crippen LogP contribution in [0.5, 0.6) is 0 Å². The third kappa shape index (κ3) is 6.49. The van der Waals surface area contributed by atoms with Crippen LogP contribution in [0.15, 0.2) is 218 Å². The Labute approximate surface area is 382 Å². The van der Waals surface area contributed by atoms with Gasteiger partial charge < -0.3 is 15.6 Å². The molecule has 1 heterocycles. The predicted molar refractivity (Wildman–Crippen MR) is 276 cm³/mol. The number of allylic oxidation sites excluding steroid dienone is 1. The van der Waals surface area contributed by atoms with Gasteiger partial charge in [-0.15, -0.1) is 0 Å². The first-order valence-electron chi connectivity index (χ1n) is 22.8. The minimum absolute atomic E-state index is 0.432. The number of hydrogen-bond donors (Lipinski definition) is 2. The summed E-state index contributed by atoms with van der Waals surface area (Å²) in [6, 6.07) is 77.3. The molecule has 0 aliphatic heterocycles. The van der Waals surface area contributed by atoms with Gasteiger partial charge in [0.05, 0.1) is 5.41 Å². The van der Waals surface area contributed by atoms with Crippen LogP contribution in [0.4, 0.5) is 11.4 Å². The number of nitrogens with two attached hydrogens (primary N) is 1. The number of hydrogen-bond acceptors (Lipinski definition) is 2. The second kappa shape index (κ2) is 16.3. The predicted octanol–water partition coefficient (Wildman–Crippen LogP) is 15.4. The van der Waals surface area contributed by atoms with Gasteiger partial charge in [-0.1, -0.05) is 196 Å². The molecule has 0 bridgehead atoms. The zero-order chi connectivity index (χ0) is 44.1. The molecule has 65 heavy (non-hydrogen) atoms. The fraction of sp³-hybridized carbons (Fsp3) is 0.0968. The molecule has 3 N–H and O–H groups in total. The molecule has 0 saturated carbocycles. The lowest BCUT2D eigenvalue weighted by Gasteiger charge is -2.34. The van der Waals surface area contributed by atoms with Crippen molar-refractivity contribution in [3.05, 3.63) is 257 Å². The number of aromatic nitrogens is 1. The quantitative estimate of drug-likeness (QED) is 0.157. The number of nitrogens with one attached hydrogen (secondary N) is 1. The molecule has 12 rings (SSSR count). The third-order valence-electron chi connectivity index (χ3n) is 13.8. The van der Waals surface area contributed by atoms with E-state index in [-0.39, 0.29) is 0 Å². The summed E-state index contributed by atoms with van der Waals surface area (Å²) in [7, 11) is 1.96. The molecule has 0 amide bonds. The van der Waals surface area contributed by atoms with Gasteiger partial charge in [0.15, 0.2) is 0 Å². The minimum atomic E-state index is -0.432. The van der Waals surface area contributed by atoms with Crippen molar-refractivity contribution in [1.82, 2.24) is 4.57 Å². The summed E-state index contributed by atoms with van der Waals surface area (Å²) in [5, 5.41) is 5.70. The van der Waals surface area contributed by atoms with Gasteiger partial charge in [-0.05, 0) is 115 Å². The van der Waals surface area contributed by atoms with Crippen molar-refractivity contribution in [3.8, 4) is 33.4 Å². The molecule has 1 aromatic heterocycles. The van der Waals surface area contributed by atoms with Crippen LogP contribution in [-0.4, -0.2) is 11.6 Å². The topological polar surface area (TPSA) is 43.0 Å². The molecule has 10 aromatic rings. The van der Waals surface area contributed by atoms with Gasteiger partial charge in [-0.3, -0.25) is 0 Å². The zero-order valence-corrected chi connectivity index (χ0v) is 37.1. The van der Waals surface area contributed by atoms with Crippen molar-refractivity contribution in [1.29, 1.82) is 0 Å². The lowest BCUT2D eigenvalue weighted by molar-refractivity contribution is 0.769. The number of benzene rings is 9. The SMILES string of the molecule is CNc1ccccc1C(C)C.Nc1cccc2c1/C(=C\Cn1c3ccccc3c3cc(-c4ccc5c(c4)C(c4ccccc4)(c4ccccc4)c4ccccc4-5)ccc31)c1ccccc1-2. The molecule has 0 atom stereocenters. The summed E-state index contributed by atoms with van der Waals surface area (Å²) in [6.45, 7) is 5.14. The van der Waals surface area contributed by atoms with Gasteiger partial charge >= 0.3 is 0 Å². The van der Waals surface area contributed by atoms with Crippen molar-refractivity contribution < 1.29 is 0 Å². The van der Waals surface area contributed by atoms with E-state index in [0.29, 0.717) is 5.92 Å². The highest BCUT2D eigenvalue weighted by atomic mass is 15.0. The third-order valence-corrected chi connectivity index (χ3v) is 13.8. The first kappa shape index (κ1) is 39.9. The Balaban J connectivity index is 0.000000376. The van der Waals surface area contributed by atoms with Crippen molar-refractivity contribution in [2.75, 3.05) is 18.1 Å². The zero-order valence-electron chi connectivity index (χ0n) is 37.1. The Morgan fingerprint density at radius 1 is 0.508 bits per heavy atom. The van der Waals surface area contributed by atoms with E-state index >= 15 is 0 Å². The molecule has 9 aromatic carbocycles. The highest BCUT2D eigenvalue weighted by molar-refractivity contribution is 6.10. The number of fused-ring (bicyclic) bond motifs is 9. The number of nitrogen functional groups attached to an aromatic ring is 1. The monoisotopic (exact) mass is 837 g/mol. The van der Waals surface area contributed by atoms with Gasteiger partial charge in [-0.2, -0.15) is 0 Å².